The molecule has 20 heavy (non-hydrogen) atoms. The minimum atomic E-state index is 0.288. The SMILES string of the molecule is CCCCN1C(C)(C)CC(C)C(C)C(C)(C)CC1(C)C. The monoisotopic (exact) mass is 281 g/mol. The zero-order chi connectivity index (χ0) is 15.8. The second-order valence-corrected chi connectivity index (χ2v) is 9.27. The maximum atomic E-state index is 2.81. The molecule has 0 bridgehead atoms. The summed E-state index contributed by atoms with van der Waals surface area (Å²) in [4.78, 5) is 2.81. The van der Waals surface area contributed by atoms with E-state index in [0.29, 0.717) is 11.0 Å². The highest BCUT2D eigenvalue weighted by atomic mass is 15.2. The van der Waals surface area contributed by atoms with Gasteiger partial charge in [0.15, 0.2) is 0 Å². The Morgan fingerprint density at radius 1 is 0.950 bits per heavy atom. The van der Waals surface area contributed by atoms with Gasteiger partial charge in [-0.3, -0.25) is 4.90 Å². The zero-order valence-corrected chi connectivity index (χ0v) is 15.6. The molecule has 120 valence electrons. The molecule has 0 aromatic rings. The van der Waals surface area contributed by atoms with Crippen molar-refractivity contribution >= 4 is 0 Å². The second-order valence-electron chi connectivity index (χ2n) is 9.27. The Morgan fingerprint density at radius 3 is 2.00 bits per heavy atom. The van der Waals surface area contributed by atoms with Gasteiger partial charge < -0.3 is 0 Å². The van der Waals surface area contributed by atoms with E-state index in [0.717, 1.165) is 11.8 Å². The standard InChI is InChI=1S/C19H39N/c1-10-11-12-20-18(6,7)13-15(2)16(3)17(4,5)14-19(20,8)9/h15-16H,10-14H2,1-9H3. The number of likely N-dealkylation sites (tertiary alicyclic amines) is 1. The lowest BCUT2D eigenvalue weighted by molar-refractivity contribution is -0.0637. The Bertz CT molecular complexity index is 314. The van der Waals surface area contributed by atoms with E-state index in [1.54, 1.807) is 0 Å². The van der Waals surface area contributed by atoms with Gasteiger partial charge in [0.1, 0.15) is 0 Å². The van der Waals surface area contributed by atoms with E-state index in [9.17, 15) is 0 Å². The Balaban J connectivity index is 3.13. The van der Waals surface area contributed by atoms with E-state index in [1.807, 2.05) is 0 Å². The minimum Gasteiger partial charge on any atom is -0.293 e. The van der Waals surface area contributed by atoms with Gasteiger partial charge in [0.25, 0.3) is 0 Å². The third-order valence-corrected chi connectivity index (χ3v) is 5.99. The van der Waals surface area contributed by atoms with Crippen molar-refractivity contribution in [2.45, 2.75) is 99.1 Å². The molecule has 0 aromatic carbocycles. The Morgan fingerprint density at radius 2 is 1.50 bits per heavy atom. The molecule has 1 heterocycles. The molecule has 0 amide bonds. The molecule has 0 N–H and O–H groups in total. The third-order valence-electron chi connectivity index (χ3n) is 5.99. The highest BCUT2D eigenvalue weighted by Crippen LogP contribution is 2.48. The van der Waals surface area contributed by atoms with Crippen LogP contribution in [0.1, 0.15) is 88.0 Å². The van der Waals surface area contributed by atoms with Crippen LogP contribution in [0.2, 0.25) is 0 Å². The summed E-state index contributed by atoms with van der Waals surface area (Å²) in [5, 5.41) is 0. The van der Waals surface area contributed by atoms with Crippen LogP contribution in [0.4, 0.5) is 0 Å². The van der Waals surface area contributed by atoms with Gasteiger partial charge in [0.2, 0.25) is 0 Å². The van der Waals surface area contributed by atoms with Crippen LogP contribution in [0.25, 0.3) is 0 Å². The Labute approximate surface area is 128 Å². The summed E-state index contributed by atoms with van der Waals surface area (Å²) in [5.74, 6) is 1.58. The predicted molar refractivity (Wildman–Crippen MR) is 91.1 cm³/mol. The summed E-state index contributed by atoms with van der Waals surface area (Å²) >= 11 is 0. The molecule has 0 spiro atoms. The first-order chi connectivity index (χ1) is 8.94. The lowest BCUT2D eigenvalue weighted by Crippen LogP contribution is -2.60. The minimum absolute atomic E-state index is 0.288. The van der Waals surface area contributed by atoms with Gasteiger partial charge in [-0.15, -0.1) is 0 Å². The van der Waals surface area contributed by atoms with Crippen LogP contribution in [0.3, 0.4) is 0 Å². The number of hydrogen-bond acceptors (Lipinski definition) is 1. The molecule has 0 aliphatic carbocycles. The van der Waals surface area contributed by atoms with Gasteiger partial charge in [-0.2, -0.15) is 0 Å². The molecule has 2 atom stereocenters. The molecule has 2 unspecified atom stereocenters. The molecule has 1 aliphatic heterocycles. The highest BCUT2D eigenvalue weighted by Gasteiger charge is 2.46. The molecular formula is C19H39N. The van der Waals surface area contributed by atoms with Gasteiger partial charge in [-0.05, 0) is 70.8 Å². The lowest BCUT2D eigenvalue weighted by Gasteiger charge is -2.56. The smallest absolute Gasteiger partial charge is 0.0163 e. The average Bonchev–Trinajstić information content (AvgIpc) is 2.24. The fourth-order valence-corrected chi connectivity index (χ4v) is 4.96. The van der Waals surface area contributed by atoms with Crippen molar-refractivity contribution in [3.8, 4) is 0 Å². The van der Waals surface area contributed by atoms with Crippen LogP contribution in [0, 0.1) is 17.3 Å². The first kappa shape index (κ1) is 18.0. The van der Waals surface area contributed by atoms with Crippen LogP contribution in [-0.4, -0.2) is 22.5 Å². The van der Waals surface area contributed by atoms with Gasteiger partial charge in [-0.25, -0.2) is 0 Å². The Hall–Kier alpha value is -0.0400. The fourth-order valence-electron chi connectivity index (χ4n) is 4.96. The van der Waals surface area contributed by atoms with Gasteiger partial charge >= 0.3 is 0 Å². The summed E-state index contributed by atoms with van der Waals surface area (Å²) in [6.07, 6.45) is 5.21. The van der Waals surface area contributed by atoms with E-state index < -0.39 is 0 Å². The van der Waals surface area contributed by atoms with Crippen molar-refractivity contribution in [3.05, 3.63) is 0 Å². The van der Waals surface area contributed by atoms with Gasteiger partial charge in [-0.1, -0.05) is 41.0 Å². The molecule has 0 aromatic heterocycles. The number of nitrogens with zero attached hydrogens (tertiary/aromatic N) is 1. The largest absolute Gasteiger partial charge is 0.293 e. The first-order valence-corrected chi connectivity index (χ1v) is 8.72. The fraction of sp³-hybridized carbons (Fsp3) is 1.00. The average molecular weight is 282 g/mol. The van der Waals surface area contributed by atoms with E-state index in [4.69, 9.17) is 0 Å². The molecule has 1 nitrogen and oxygen atoms in total. The maximum absolute atomic E-state index is 2.81. The van der Waals surface area contributed by atoms with Gasteiger partial charge in [0, 0.05) is 11.1 Å². The second kappa shape index (κ2) is 5.99. The summed E-state index contributed by atoms with van der Waals surface area (Å²) in [5.41, 5.74) is 1.02. The molecular weight excluding hydrogens is 242 g/mol. The molecule has 0 saturated carbocycles. The maximum Gasteiger partial charge on any atom is 0.0163 e. The van der Waals surface area contributed by atoms with Crippen LogP contribution < -0.4 is 0 Å². The summed E-state index contributed by atoms with van der Waals surface area (Å²) in [6.45, 7) is 23.3. The zero-order valence-electron chi connectivity index (χ0n) is 15.6. The van der Waals surface area contributed by atoms with Crippen LogP contribution in [-0.2, 0) is 0 Å². The normalized spacial score (nSPS) is 33.5. The summed E-state index contributed by atoms with van der Waals surface area (Å²) in [7, 11) is 0. The molecule has 0 radical (unpaired) electrons. The first-order valence-electron chi connectivity index (χ1n) is 8.72. The van der Waals surface area contributed by atoms with Crippen molar-refractivity contribution in [1.82, 2.24) is 4.90 Å². The predicted octanol–water partition coefficient (Wildman–Crippen LogP) is 5.74. The number of rotatable bonds is 3. The van der Waals surface area contributed by atoms with Crippen molar-refractivity contribution in [2.24, 2.45) is 17.3 Å². The topological polar surface area (TPSA) is 3.24 Å². The van der Waals surface area contributed by atoms with Gasteiger partial charge in [0.05, 0.1) is 0 Å². The number of hydrogen-bond donors (Lipinski definition) is 0. The van der Waals surface area contributed by atoms with E-state index in [-0.39, 0.29) is 5.54 Å². The number of unbranched alkanes of at least 4 members (excludes halogenated alkanes) is 1. The molecule has 1 aliphatic rings. The van der Waals surface area contributed by atoms with E-state index >= 15 is 0 Å². The van der Waals surface area contributed by atoms with Crippen LogP contribution in [0.15, 0.2) is 0 Å². The molecule has 1 saturated heterocycles. The van der Waals surface area contributed by atoms with Crippen molar-refractivity contribution in [3.63, 3.8) is 0 Å². The highest BCUT2D eigenvalue weighted by molar-refractivity contribution is 5.00. The van der Waals surface area contributed by atoms with Crippen LogP contribution >= 0.6 is 0 Å². The van der Waals surface area contributed by atoms with Crippen LogP contribution in [0.5, 0.6) is 0 Å². The van der Waals surface area contributed by atoms with E-state index in [1.165, 1.54) is 32.2 Å². The van der Waals surface area contributed by atoms with Crippen molar-refractivity contribution in [1.29, 1.82) is 0 Å². The summed E-state index contributed by atoms with van der Waals surface area (Å²) < 4.78 is 0. The quantitative estimate of drug-likeness (QED) is 0.638. The molecule has 1 heteroatoms. The summed E-state index contributed by atoms with van der Waals surface area (Å²) in [6, 6.07) is 0. The third kappa shape index (κ3) is 3.78. The van der Waals surface area contributed by atoms with E-state index in [2.05, 4.69) is 67.2 Å². The Kier molecular flexibility index (Phi) is 5.39. The molecule has 1 fully saturated rings. The van der Waals surface area contributed by atoms with Crippen molar-refractivity contribution < 1.29 is 0 Å². The van der Waals surface area contributed by atoms with Crippen molar-refractivity contribution in [2.75, 3.05) is 6.54 Å². The lowest BCUT2D eigenvalue weighted by atomic mass is 9.63. The molecule has 1 rings (SSSR count).